The predicted molar refractivity (Wildman–Crippen MR) is 89.3 cm³/mol. The van der Waals surface area contributed by atoms with Gasteiger partial charge in [-0.3, -0.25) is 4.79 Å². The lowest BCUT2D eigenvalue weighted by molar-refractivity contribution is -0.120. The molecule has 3 aromatic carbocycles. The molecule has 0 heterocycles. The Balaban J connectivity index is 0.000000179. The highest BCUT2D eigenvalue weighted by molar-refractivity contribution is 5.46. The molecular weight excluding hydrogens is 292 g/mol. The van der Waals surface area contributed by atoms with E-state index in [9.17, 15) is 4.79 Å². The molecule has 4 nitrogen and oxygen atoms in total. The van der Waals surface area contributed by atoms with E-state index in [1.54, 1.807) is 36.4 Å². The van der Waals surface area contributed by atoms with E-state index in [1.807, 2.05) is 42.5 Å². The van der Waals surface area contributed by atoms with Crippen molar-refractivity contribution in [3.8, 4) is 17.2 Å². The van der Waals surface area contributed by atoms with Gasteiger partial charge in [0.05, 0.1) is 0 Å². The standard InChI is InChI=1S/C7H6O3.C6H6O.C6H6/c8-5-10-7-3-1-2-6(9)4-7;7-6-4-2-1-3-5-6;1-2-4-6-5-3-1/h1-5,9H;1-5,7H;1-6H. The van der Waals surface area contributed by atoms with E-state index in [2.05, 4.69) is 4.74 Å². The number of benzene rings is 3. The van der Waals surface area contributed by atoms with Crippen LogP contribution in [-0.4, -0.2) is 16.7 Å². The number of hydrogen-bond acceptors (Lipinski definition) is 4. The fraction of sp³-hybridized carbons (Fsp3) is 0. The third-order valence-electron chi connectivity index (χ3n) is 2.42. The van der Waals surface area contributed by atoms with E-state index in [1.165, 1.54) is 12.1 Å². The van der Waals surface area contributed by atoms with Gasteiger partial charge in [0.1, 0.15) is 17.2 Å². The summed E-state index contributed by atoms with van der Waals surface area (Å²) in [5.74, 6) is 0.747. The van der Waals surface area contributed by atoms with Crippen molar-refractivity contribution in [3.05, 3.63) is 91.0 Å². The molecule has 0 saturated carbocycles. The summed E-state index contributed by atoms with van der Waals surface area (Å²) in [5, 5.41) is 17.5. The van der Waals surface area contributed by atoms with E-state index in [-0.39, 0.29) is 5.75 Å². The maximum atomic E-state index is 9.78. The van der Waals surface area contributed by atoms with Crippen molar-refractivity contribution in [2.24, 2.45) is 0 Å². The smallest absolute Gasteiger partial charge is 0.298 e. The van der Waals surface area contributed by atoms with Gasteiger partial charge < -0.3 is 14.9 Å². The Labute approximate surface area is 135 Å². The fourth-order valence-corrected chi connectivity index (χ4v) is 1.43. The van der Waals surface area contributed by atoms with Gasteiger partial charge >= 0.3 is 0 Å². The van der Waals surface area contributed by atoms with Gasteiger partial charge in [-0.25, -0.2) is 0 Å². The molecule has 0 aromatic heterocycles. The molecule has 0 atom stereocenters. The normalized spacial score (nSPS) is 8.52. The number of ether oxygens (including phenoxy) is 1. The fourth-order valence-electron chi connectivity index (χ4n) is 1.43. The highest BCUT2D eigenvalue weighted by Gasteiger charge is 1.91. The van der Waals surface area contributed by atoms with Crippen molar-refractivity contribution in [1.29, 1.82) is 0 Å². The zero-order valence-corrected chi connectivity index (χ0v) is 12.4. The van der Waals surface area contributed by atoms with Crippen molar-refractivity contribution in [2.75, 3.05) is 0 Å². The molecule has 3 rings (SSSR count). The number of carbonyl (C=O) groups is 1. The Hall–Kier alpha value is -3.27. The first kappa shape index (κ1) is 17.8. The molecule has 0 unspecified atom stereocenters. The summed E-state index contributed by atoms with van der Waals surface area (Å²) in [6.07, 6.45) is 0. The molecule has 0 aliphatic heterocycles. The highest BCUT2D eigenvalue weighted by atomic mass is 16.5. The Morgan fingerprint density at radius 1 is 0.652 bits per heavy atom. The lowest BCUT2D eigenvalue weighted by Gasteiger charge is -1.95. The summed E-state index contributed by atoms with van der Waals surface area (Å²) < 4.78 is 4.45. The molecule has 3 aromatic rings. The number of hydrogen-bond donors (Lipinski definition) is 2. The van der Waals surface area contributed by atoms with Gasteiger partial charge in [0, 0.05) is 6.07 Å². The Morgan fingerprint density at radius 2 is 1.13 bits per heavy atom. The van der Waals surface area contributed by atoms with Crippen molar-refractivity contribution in [2.45, 2.75) is 0 Å². The zero-order chi connectivity index (χ0) is 16.8. The monoisotopic (exact) mass is 310 g/mol. The van der Waals surface area contributed by atoms with Crippen LogP contribution in [0.5, 0.6) is 17.2 Å². The molecule has 118 valence electrons. The van der Waals surface area contributed by atoms with Crippen LogP contribution in [0.4, 0.5) is 0 Å². The molecular formula is C19H18O4. The number of para-hydroxylation sites is 1. The maximum absolute atomic E-state index is 9.78. The van der Waals surface area contributed by atoms with Gasteiger partial charge in [-0.05, 0) is 24.3 Å². The molecule has 0 radical (unpaired) electrons. The second-order valence-electron chi connectivity index (χ2n) is 4.20. The molecule has 0 aliphatic carbocycles. The van der Waals surface area contributed by atoms with Crippen LogP contribution in [0.1, 0.15) is 0 Å². The van der Waals surface area contributed by atoms with Crippen LogP contribution in [0.2, 0.25) is 0 Å². The number of phenolic OH excluding ortho intramolecular Hbond substituents is 2. The van der Waals surface area contributed by atoms with E-state index in [0.29, 0.717) is 18.0 Å². The lowest BCUT2D eigenvalue weighted by Crippen LogP contribution is -1.86. The molecule has 0 amide bonds. The Kier molecular flexibility index (Phi) is 8.81. The molecule has 0 saturated heterocycles. The molecule has 0 bridgehead atoms. The van der Waals surface area contributed by atoms with Gasteiger partial charge in [0.15, 0.2) is 0 Å². The third-order valence-corrected chi connectivity index (χ3v) is 2.42. The second kappa shape index (κ2) is 11.4. The summed E-state index contributed by atoms with van der Waals surface area (Å²) in [4.78, 5) is 9.78. The van der Waals surface area contributed by atoms with Gasteiger partial charge in [0.25, 0.3) is 6.47 Å². The van der Waals surface area contributed by atoms with Crippen LogP contribution in [0, 0.1) is 0 Å². The second-order valence-corrected chi connectivity index (χ2v) is 4.20. The summed E-state index contributed by atoms with van der Waals surface area (Å²) in [6.45, 7) is 0.314. The van der Waals surface area contributed by atoms with E-state index in [4.69, 9.17) is 10.2 Å². The number of aromatic hydroxyl groups is 2. The topological polar surface area (TPSA) is 66.8 Å². The van der Waals surface area contributed by atoms with Gasteiger partial charge in [-0.1, -0.05) is 60.7 Å². The summed E-state index contributed by atoms with van der Waals surface area (Å²) in [5.41, 5.74) is 0. The quantitative estimate of drug-likeness (QED) is 0.702. The molecule has 0 spiro atoms. The van der Waals surface area contributed by atoms with Crippen LogP contribution in [0.25, 0.3) is 0 Å². The van der Waals surface area contributed by atoms with Crippen LogP contribution in [0.3, 0.4) is 0 Å². The zero-order valence-electron chi connectivity index (χ0n) is 12.4. The van der Waals surface area contributed by atoms with E-state index >= 15 is 0 Å². The van der Waals surface area contributed by atoms with Gasteiger partial charge in [-0.15, -0.1) is 0 Å². The summed E-state index contributed by atoms with van der Waals surface area (Å²) in [6, 6.07) is 26.7. The average molecular weight is 310 g/mol. The number of rotatable bonds is 2. The number of carbonyl (C=O) groups excluding carboxylic acids is 1. The third kappa shape index (κ3) is 9.31. The molecule has 0 fully saturated rings. The molecule has 2 N–H and O–H groups in total. The van der Waals surface area contributed by atoms with Crippen LogP contribution in [0.15, 0.2) is 91.0 Å². The van der Waals surface area contributed by atoms with Crippen LogP contribution >= 0.6 is 0 Å². The molecule has 0 aliphatic rings. The maximum Gasteiger partial charge on any atom is 0.298 e. The average Bonchev–Trinajstić information content (AvgIpc) is 2.59. The minimum atomic E-state index is 0.0827. The lowest BCUT2D eigenvalue weighted by atomic mass is 10.3. The predicted octanol–water partition coefficient (Wildman–Crippen LogP) is 4.01. The minimum Gasteiger partial charge on any atom is -0.508 e. The Morgan fingerprint density at radius 3 is 1.52 bits per heavy atom. The van der Waals surface area contributed by atoms with E-state index < -0.39 is 0 Å². The first-order valence-electron chi connectivity index (χ1n) is 6.85. The molecule has 23 heavy (non-hydrogen) atoms. The first-order valence-corrected chi connectivity index (χ1v) is 6.85. The summed E-state index contributed by atoms with van der Waals surface area (Å²) >= 11 is 0. The van der Waals surface area contributed by atoms with Gasteiger partial charge in [0.2, 0.25) is 0 Å². The Bertz CT molecular complexity index is 628. The highest BCUT2D eigenvalue weighted by Crippen LogP contribution is 2.16. The van der Waals surface area contributed by atoms with Crippen molar-refractivity contribution in [3.63, 3.8) is 0 Å². The summed E-state index contributed by atoms with van der Waals surface area (Å²) in [7, 11) is 0. The minimum absolute atomic E-state index is 0.0827. The largest absolute Gasteiger partial charge is 0.508 e. The van der Waals surface area contributed by atoms with Crippen molar-refractivity contribution in [1.82, 2.24) is 0 Å². The van der Waals surface area contributed by atoms with Crippen LogP contribution in [-0.2, 0) is 4.79 Å². The van der Waals surface area contributed by atoms with Gasteiger partial charge in [-0.2, -0.15) is 0 Å². The van der Waals surface area contributed by atoms with Crippen molar-refractivity contribution >= 4 is 6.47 Å². The SMILES string of the molecule is O=COc1cccc(O)c1.Oc1ccccc1.c1ccccc1. The van der Waals surface area contributed by atoms with E-state index in [0.717, 1.165) is 0 Å². The van der Waals surface area contributed by atoms with Crippen molar-refractivity contribution < 1.29 is 19.7 Å². The number of phenols is 2. The molecule has 4 heteroatoms. The first-order chi connectivity index (χ1) is 11.2. The van der Waals surface area contributed by atoms with Crippen LogP contribution < -0.4 is 4.74 Å².